The van der Waals surface area contributed by atoms with Crippen LogP contribution in [0.2, 0.25) is 0 Å². The van der Waals surface area contributed by atoms with Gasteiger partial charge in [-0.15, -0.1) is 11.3 Å². The van der Waals surface area contributed by atoms with Crippen molar-refractivity contribution in [1.82, 2.24) is 15.2 Å². The molecule has 20 heavy (non-hydrogen) atoms. The molecule has 114 valence electrons. The van der Waals surface area contributed by atoms with Crippen LogP contribution in [0.25, 0.3) is 0 Å². The van der Waals surface area contributed by atoms with E-state index < -0.39 is 0 Å². The summed E-state index contributed by atoms with van der Waals surface area (Å²) < 4.78 is 0. The van der Waals surface area contributed by atoms with Crippen molar-refractivity contribution in [2.45, 2.75) is 52.5 Å². The van der Waals surface area contributed by atoms with Gasteiger partial charge in [-0.2, -0.15) is 0 Å². The topological polar surface area (TPSA) is 28.2 Å². The van der Waals surface area contributed by atoms with Gasteiger partial charge in [0.25, 0.3) is 0 Å². The number of aromatic nitrogens is 1. The molecule has 1 aliphatic heterocycles. The number of nitrogens with zero attached hydrogens (tertiary/aromatic N) is 2. The maximum Gasteiger partial charge on any atom is 0.0944 e. The lowest BCUT2D eigenvalue weighted by Gasteiger charge is -2.29. The highest BCUT2D eigenvalue weighted by molar-refractivity contribution is 7.11. The molecule has 0 atom stereocenters. The van der Waals surface area contributed by atoms with Crippen LogP contribution in [0.5, 0.6) is 0 Å². The fourth-order valence-corrected chi connectivity index (χ4v) is 4.02. The first-order valence-corrected chi connectivity index (χ1v) is 8.77. The van der Waals surface area contributed by atoms with E-state index >= 15 is 0 Å². The van der Waals surface area contributed by atoms with Gasteiger partial charge < -0.3 is 10.2 Å². The number of thiazole rings is 1. The molecule has 1 aromatic rings. The van der Waals surface area contributed by atoms with Gasteiger partial charge in [0.2, 0.25) is 0 Å². The fourth-order valence-electron chi connectivity index (χ4n) is 2.80. The Bertz CT molecular complexity index is 406. The molecular weight excluding hydrogens is 266 g/mol. The van der Waals surface area contributed by atoms with E-state index in [9.17, 15) is 0 Å². The van der Waals surface area contributed by atoms with E-state index in [1.807, 2.05) is 18.4 Å². The van der Waals surface area contributed by atoms with Gasteiger partial charge in [-0.25, -0.2) is 4.98 Å². The largest absolute Gasteiger partial charge is 0.315 e. The molecule has 1 aliphatic rings. The number of rotatable bonds is 6. The first-order chi connectivity index (χ1) is 9.60. The minimum absolute atomic E-state index is 0.527. The predicted molar refractivity (Wildman–Crippen MR) is 87.5 cm³/mol. The van der Waals surface area contributed by atoms with Gasteiger partial charge in [0, 0.05) is 24.4 Å². The Labute approximate surface area is 127 Å². The minimum Gasteiger partial charge on any atom is -0.315 e. The van der Waals surface area contributed by atoms with E-state index in [0.29, 0.717) is 5.92 Å². The Morgan fingerprint density at radius 2 is 2.05 bits per heavy atom. The smallest absolute Gasteiger partial charge is 0.0944 e. The molecule has 3 nitrogen and oxygen atoms in total. The first-order valence-electron chi connectivity index (χ1n) is 7.95. The average Bonchev–Trinajstić information content (AvgIpc) is 2.82. The molecule has 0 aromatic carbocycles. The second-order valence-corrected chi connectivity index (χ2v) is 7.54. The monoisotopic (exact) mass is 295 g/mol. The number of hydrogen-bond donors (Lipinski definition) is 1. The normalized spacial score (nSPS) is 18.1. The molecule has 1 saturated heterocycles. The summed E-state index contributed by atoms with van der Waals surface area (Å²) in [7, 11) is 2.01. The Kier molecular flexibility index (Phi) is 6.00. The highest BCUT2D eigenvalue weighted by Gasteiger charge is 2.17. The highest BCUT2D eigenvalue weighted by atomic mass is 32.1. The van der Waals surface area contributed by atoms with Gasteiger partial charge in [0.1, 0.15) is 0 Å². The van der Waals surface area contributed by atoms with Crippen molar-refractivity contribution in [3.8, 4) is 0 Å². The van der Waals surface area contributed by atoms with Crippen LogP contribution in [0.4, 0.5) is 0 Å². The van der Waals surface area contributed by atoms with Gasteiger partial charge in [-0.1, -0.05) is 20.8 Å². The molecule has 1 aromatic heterocycles. The van der Waals surface area contributed by atoms with Gasteiger partial charge in [0.05, 0.1) is 10.7 Å². The zero-order valence-electron chi connectivity index (χ0n) is 13.4. The maximum atomic E-state index is 4.88. The second kappa shape index (κ2) is 7.53. The Morgan fingerprint density at radius 1 is 1.35 bits per heavy atom. The lowest BCUT2D eigenvalue weighted by Crippen LogP contribution is -2.34. The summed E-state index contributed by atoms with van der Waals surface area (Å²) in [5.41, 5.74) is 1.30. The molecule has 1 fully saturated rings. The summed E-state index contributed by atoms with van der Waals surface area (Å²) in [6.07, 6.45) is 3.84. The molecular formula is C16H29N3S. The third-order valence-corrected chi connectivity index (χ3v) is 5.31. The van der Waals surface area contributed by atoms with Crippen LogP contribution in [0.1, 0.15) is 55.1 Å². The summed E-state index contributed by atoms with van der Waals surface area (Å²) in [6, 6.07) is 0. The predicted octanol–water partition coefficient (Wildman–Crippen LogP) is 3.26. The van der Waals surface area contributed by atoms with Crippen LogP contribution in [-0.4, -0.2) is 36.6 Å². The molecule has 0 amide bonds. The third-order valence-electron chi connectivity index (χ3n) is 4.17. The van der Waals surface area contributed by atoms with Crippen molar-refractivity contribution in [3.63, 3.8) is 0 Å². The molecule has 1 N–H and O–H groups in total. The van der Waals surface area contributed by atoms with Gasteiger partial charge in [0.15, 0.2) is 0 Å². The Hall–Kier alpha value is -0.450. The molecule has 0 aliphatic carbocycles. The van der Waals surface area contributed by atoms with Gasteiger partial charge in [-0.05, 0) is 44.8 Å². The number of nitrogens with one attached hydrogen (secondary N) is 1. The van der Waals surface area contributed by atoms with E-state index in [4.69, 9.17) is 4.98 Å². The van der Waals surface area contributed by atoms with E-state index in [1.165, 1.54) is 48.1 Å². The van der Waals surface area contributed by atoms with Crippen LogP contribution in [-0.2, 0) is 13.0 Å². The summed E-state index contributed by atoms with van der Waals surface area (Å²) in [4.78, 5) is 8.91. The van der Waals surface area contributed by atoms with Crippen molar-refractivity contribution in [2.24, 2.45) is 5.92 Å². The first kappa shape index (κ1) is 15.9. The van der Waals surface area contributed by atoms with E-state index in [2.05, 4.69) is 31.0 Å². The van der Waals surface area contributed by atoms with Crippen molar-refractivity contribution >= 4 is 11.3 Å². The van der Waals surface area contributed by atoms with E-state index in [-0.39, 0.29) is 0 Å². The van der Waals surface area contributed by atoms with Gasteiger partial charge in [-0.3, -0.25) is 0 Å². The molecule has 4 heteroatoms. The molecule has 0 bridgehead atoms. The maximum absolute atomic E-state index is 4.88. The van der Waals surface area contributed by atoms with Gasteiger partial charge >= 0.3 is 0 Å². The van der Waals surface area contributed by atoms with Crippen LogP contribution in [0.3, 0.4) is 0 Å². The Morgan fingerprint density at radius 3 is 2.65 bits per heavy atom. The zero-order valence-corrected chi connectivity index (χ0v) is 14.2. The molecule has 0 radical (unpaired) electrons. The zero-order chi connectivity index (χ0) is 14.5. The van der Waals surface area contributed by atoms with Crippen LogP contribution >= 0.6 is 11.3 Å². The number of piperidine rings is 1. The van der Waals surface area contributed by atoms with Crippen LogP contribution in [0.15, 0.2) is 0 Å². The SMILES string of the molecule is CNCc1sc(CCN2CCC(C)CC2)nc1C(C)C. The molecule has 0 unspecified atom stereocenters. The van der Waals surface area contributed by atoms with E-state index in [1.54, 1.807) is 0 Å². The van der Waals surface area contributed by atoms with Crippen molar-refractivity contribution in [1.29, 1.82) is 0 Å². The quantitative estimate of drug-likeness (QED) is 0.873. The third kappa shape index (κ3) is 4.27. The van der Waals surface area contributed by atoms with Crippen molar-refractivity contribution < 1.29 is 0 Å². The summed E-state index contributed by atoms with van der Waals surface area (Å²) in [6.45, 7) is 11.5. The molecule has 2 heterocycles. The standard InChI is InChI=1S/C16H29N3S/c1-12(2)16-14(11-17-4)20-15(18-16)7-10-19-8-5-13(3)6-9-19/h12-13,17H,5-11H2,1-4H3. The second-order valence-electron chi connectivity index (χ2n) is 6.38. The summed E-state index contributed by atoms with van der Waals surface area (Å²) in [5.74, 6) is 1.44. The van der Waals surface area contributed by atoms with E-state index in [0.717, 1.165) is 18.9 Å². The van der Waals surface area contributed by atoms with Crippen LogP contribution < -0.4 is 5.32 Å². The number of hydrogen-bond acceptors (Lipinski definition) is 4. The minimum atomic E-state index is 0.527. The van der Waals surface area contributed by atoms with Crippen LogP contribution in [0, 0.1) is 5.92 Å². The molecule has 2 rings (SSSR count). The fraction of sp³-hybridized carbons (Fsp3) is 0.812. The average molecular weight is 295 g/mol. The lowest BCUT2D eigenvalue weighted by molar-refractivity contribution is 0.194. The van der Waals surface area contributed by atoms with Crippen molar-refractivity contribution in [3.05, 3.63) is 15.6 Å². The molecule has 0 spiro atoms. The Balaban J connectivity index is 1.90. The molecule has 0 saturated carbocycles. The lowest BCUT2D eigenvalue weighted by atomic mass is 9.99. The highest BCUT2D eigenvalue weighted by Crippen LogP contribution is 2.26. The van der Waals surface area contributed by atoms with Crippen molar-refractivity contribution in [2.75, 3.05) is 26.7 Å². The number of likely N-dealkylation sites (tertiary alicyclic amines) is 1. The summed E-state index contributed by atoms with van der Waals surface area (Å²) >= 11 is 1.90. The summed E-state index contributed by atoms with van der Waals surface area (Å²) in [5, 5.41) is 4.58.